The Kier molecular flexibility index (Phi) is 6.53. The molecule has 1 aromatic carbocycles. The van der Waals surface area contributed by atoms with Gasteiger partial charge in [-0.25, -0.2) is 0 Å². The van der Waals surface area contributed by atoms with E-state index in [2.05, 4.69) is 13.8 Å². The quantitative estimate of drug-likeness (QED) is 0.542. The number of methoxy groups -OCH3 is 1. The smallest absolute Gasteiger partial charge is 0.416 e. The predicted molar refractivity (Wildman–Crippen MR) is 118 cm³/mol. The third-order valence-electron chi connectivity index (χ3n) is 8.63. The van der Waals surface area contributed by atoms with Crippen LogP contribution in [0.3, 0.4) is 0 Å². The second-order valence-corrected chi connectivity index (χ2v) is 10.6. The number of rotatable bonds is 4. The van der Waals surface area contributed by atoms with Crippen molar-refractivity contribution < 1.29 is 27.5 Å². The van der Waals surface area contributed by atoms with Gasteiger partial charge >= 0.3 is 12.1 Å². The Hall–Kier alpha value is -2.05. The molecule has 1 heterocycles. The second-order valence-electron chi connectivity index (χ2n) is 10.6. The summed E-state index contributed by atoms with van der Waals surface area (Å²) in [6, 6.07) is 3.90. The molecule has 4 rings (SSSR count). The Morgan fingerprint density at radius 3 is 2.55 bits per heavy atom. The van der Waals surface area contributed by atoms with Crippen molar-refractivity contribution in [3.8, 4) is 0 Å². The molecule has 0 bridgehead atoms. The zero-order valence-electron chi connectivity index (χ0n) is 19.7. The highest BCUT2D eigenvalue weighted by Crippen LogP contribution is 2.54. The van der Waals surface area contributed by atoms with Crippen LogP contribution in [0, 0.1) is 29.1 Å². The van der Waals surface area contributed by atoms with Crippen molar-refractivity contribution >= 4 is 11.9 Å². The maximum absolute atomic E-state index is 13.9. The Balaban J connectivity index is 1.49. The zero-order valence-corrected chi connectivity index (χ0v) is 19.7. The lowest BCUT2D eigenvalue weighted by molar-refractivity contribution is -0.147. The van der Waals surface area contributed by atoms with E-state index in [-0.39, 0.29) is 30.3 Å². The van der Waals surface area contributed by atoms with Crippen LogP contribution in [-0.4, -0.2) is 30.4 Å². The monoisotopic (exact) mass is 465 g/mol. The van der Waals surface area contributed by atoms with Crippen LogP contribution in [0.5, 0.6) is 0 Å². The first kappa shape index (κ1) is 24.1. The molecule has 3 aliphatic rings. The van der Waals surface area contributed by atoms with Gasteiger partial charge in [0.05, 0.1) is 24.0 Å². The number of benzene rings is 1. The summed E-state index contributed by atoms with van der Waals surface area (Å²) < 4.78 is 44.6. The third kappa shape index (κ3) is 4.52. The van der Waals surface area contributed by atoms with Crippen LogP contribution in [-0.2, 0) is 33.5 Å². The maximum Gasteiger partial charge on any atom is 0.416 e. The summed E-state index contributed by atoms with van der Waals surface area (Å²) >= 11 is 0. The van der Waals surface area contributed by atoms with E-state index in [0.717, 1.165) is 50.2 Å². The van der Waals surface area contributed by atoms with Gasteiger partial charge in [-0.3, -0.25) is 9.59 Å². The van der Waals surface area contributed by atoms with E-state index in [0.29, 0.717) is 30.4 Å². The van der Waals surface area contributed by atoms with Gasteiger partial charge in [-0.05, 0) is 86.0 Å². The van der Waals surface area contributed by atoms with Crippen LogP contribution < -0.4 is 0 Å². The summed E-state index contributed by atoms with van der Waals surface area (Å²) in [5.41, 5.74) is 0.369. The van der Waals surface area contributed by atoms with Crippen molar-refractivity contribution in [2.24, 2.45) is 29.1 Å². The molecule has 1 aliphatic heterocycles. The lowest BCUT2D eigenvalue weighted by Gasteiger charge is -2.40. The lowest BCUT2D eigenvalue weighted by atomic mass is 9.72. The molecule has 0 spiro atoms. The summed E-state index contributed by atoms with van der Waals surface area (Å²) in [7, 11) is 1.43. The zero-order chi connectivity index (χ0) is 24.0. The fourth-order valence-corrected chi connectivity index (χ4v) is 6.53. The fraction of sp³-hybridized carbons (Fsp3) is 0.692. The van der Waals surface area contributed by atoms with E-state index >= 15 is 0 Å². The Labute approximate surface area is 193 Å². The van der Waals surface area contributed by atoms with Crippen LogP contribution in [0.2, 0.25) is 0 Å². The number of fused-ring (bicyclic) bond motifs is 1. The number of ether oxygens (including phenoxy) is 1. The first-order valence-electron chi connectivity index (χ1n) is 12.1. The van der Waals surface area contributed by atoms with Crippen molar-refractivity contribution in [3.63, 3.8) is 0 Å². The third-order valence-corrected chi connectivity index (χ3v) is 8.63. The fourth-order valence-electron chi connectivity index (χ4n) is 6.53. The average Bonchev–Trinajstić information content (AvgIpc) is 3.45. The van der Waals surface area contributed by atoms with Crippen LogP contribution >= 0.6 is 0 Å². The molecule has 0 N–H and O–H groups in total. The molecule has 2 fully saturated rings. The van der Waals surface area contributed by atoms with E-state index in [1.807, 2.05) is 0 Å². The first-order valence-corrected chi connectivity index (χ1v) is 12.1. The van der Waals surface area contributed by atoms with Crippen molar-refractivity contribution in [1.82, 2.24) is 4.90 Å². The average molecular weight is 466 g/mol. The molecule has 0 aromatic heterocycles. The van der Waals surface area contributed by atoms with Crippen molar-refractivity contribution in [3.05, 3.63) is 34.9 Å². The van der Waals surface area contributed by atoms with Gasteiger partial charge in [0.15, 0.2) is 0 Å². The molecule has 2 saturated carbocycles. The van der Waals surface area contributed by atoms with Gasteiger partial charge in [-0.15, -0.1) is 0 Å². The second kappa shape index (κ2) is 8.95. The molecule has 182 valence electrons. The summed E-state index contributed by atoms with van der Waals surface area (Å²) in [4.78, 5) is 27.6. The normalized spacial score (nSPS) is 29.9. The standard InChI is InChI=1S/C26H34F3NO3/c1-16(2)25(10-8-20(14-25)18-4-5-19(12-18)23(31)33-3)24(32)30-11-9-17-6-7-22(26(27,28)29)13-21(17)15-30/h6-7,13,16,18-20H,4-5,8-12,14-15H2,1-3H3. The Morgan fingerprint density at radius 2 is 1.88 bits per heavy atom. The molecule has 33 heavy (non-hydrogen) atoms. The molecule has 0 saturated heterocycles. The number of alkyl halides is 3. The van der Waals surface area contributed by atoms with E-state index in [1.165, 1.54) is 13.2 Å². The molecule has 7 heteroatoms. The summed E-state index contributed by atoms with van der Waals surface area (Å²) in [6.07, 6.45) is 1.43. The number of halogens is 3. The van der Waals surface area contributed by atoms with Gasteiger partial charge in [0.1, 0.15) is 0 Å². The largest absolute Gasteiger partial charge is 0.469 e. The molecule has 0 radical (unpaired) electrons. The molecular formula is C26H34F3NO3. The minimum Gasteiger partial charge on any atom is -0.469 e. The highest BCUT2D eigenvalue weighted by atomic mass is 19.4. The van der Waals surface area contributed by atoms with Crippen LogP contribution in [0.1, 0.15) is 69.1 Å². The minimum absolute atomic E-state index is 0.0359. The van der Waals surface area contributed by atoms with E-state index in [4.69, 9.17) is 4.74 Å². The summed E-state index contributed by atoms with van der Waals surface area (Å²) in [6.45, 7) is 4.97. The van der Waals surface area contributed by atoms with Crippen molar-refractivity contribution in [1.29, 1.82) is 0 Å². The van der Waals surface area contributed by atoms with Gasteiger partial charge in [0.2, 0.25) is 5.91 Å². The van der Waals surface area contributed by atoms with Gasteiger partial charge in [-0.1, -0.05) is 19.9 Å². The Bertz CT molecular complexity index is 913. The van der Waals surface area contributed by atoms with Gasteiger partial charge in [-0.2, -0.15) is 13.2 Å². The van der Waals surface area contributed by atoms with Crippen molar-refractivity contribution in [2.75, 3.05) is 13.7 Å². The summed E-state index contributed by atoms with van der Waals surface area (Å²) in [5, 5.41) is 0. The van der Waals surface area contributed by atoms with E-state index in [9.17, 15) is 22.8 Å². The number of esters is 1. The number of hydrogen-bond acceptors (Lipinski definition) is 3. The number of hydrogen-bond donors (Lipinski definition) is 0. The molecule has 4 atom stereocenters. The minimum atomic E-state index is -4.39. The molecule has 4 nitrogen and oxygen atoms in total. The SMILES string of the molecule is COC(=O)C1CCC(C2CCC(C(=O)N3CCc4ccc(C(F)(F)F)cc4C3)(C(C)C)C2)C1. The predicted octanol–water partition coefficient (Wildman–Crippen LogP) is 5.62. The van der Waals surface area contributed by atoms with Gasteiger partial charge in [0, 0.05) is 13.1 Å². The van der Waals surface area contributed by atoms with Crippen LogP contribution in [0.15, 0.2) is 18.2 Å². The summed E-state index contributed by atoms with van der Waals surface area (Å²) in [5.74, 6) is 0.901. The van der Waals surface area contributed by atoms with Crippen molar-refractivity contribution in [2.45, 2.75) is 71.5 Å². The number of amides is 1. The molecule has 4 unspecified atom stereocenters. The van der Waals surface area contributed by atoms with Gasteiger partial charge < -0.3 is 9.64 Å². The molecule has 1 amide bonds. The van der Waals surface area contributed by atoms with E-state index < -0.39 is 17.2 Å². The topological polar surface area (TPSA) is 46.6 Å². The number of nitrogens with zero attached hydrogens (tertiary/aromatic N) is 1. The van der Waals surface area contributed by atoms with Crippen LogP contribution in [0.25, 0.3) is 0 Å². The number of carbonyl (C=O) groups is 2. The highest BCUT2D eigenvalue weighted by Gasteiger charge is 2.51. The Morgan fingerprint density at radius 1 is 1.12 bits per heavy atom. The molecule has 2 aliphatic carbocycles. The lowest BCUT2D eigenvalue weighted by Crippen LogP contribution is -2.47. The molecular weight excluding hydrogens is 431 g/mol. The maximum atomic E-state index is 13.9. The van der Waals surface area contributed by atoms with Crippen LogP contribution in [0.4, 0.5) is 13.2 Å². The number of carbonyl (C=O) groups excluding carboxylic acids is 2. The highest BCUT2D eigenvalue weighted by molar-refractivity contribution is 5.83. The first-order chi connectivity index (χ1) is 15.5. The van der Waals surface area contributed by atoms with E-state index in [1.54, 1.807) is 11.0 Å². The van der Waals surface area contributed by atoms with Gasteiger partial charge in [0.25, 0.3) is 0 Å². The molecule has 1 aromatic rings.